The van der Waals surface area contributed by atoms with Crippen LogP contribution in [0.5, 0.6) is 0 Å². The van der Waals surface area contributed by atoms with Crippen molar-refractivity contribution in [1.82, 2.24) is 0 Å². The first-order valence-corrected chi connectivity index (χ1v) is 21.5. The van der Waals surface area contributed by atoms with Gasteiger partial charge in [-0.25, -0.2) is 0 Å². The van der Waals surface area contributed by atoms with Crippen LogP contribution in [0, 0.1) is 5.41 Å². The van der Waals surface area contributed by atoms with Gasteiger partial charge in [0.15, 0.2) is 0 Å². The monoisotopic (exact) mass is 710 g/mol. The molecule has 0 amide bonds. The summed E-state index contributed by atoms with van der Waals surface area (Å²) in [4.78, 5) is 7.41. The van der Waals surface area contributed by atoms with Crippen molar-refractivity contribution in [2.75, 3.05) is 9.80 Å². The maximum absolute atomic E-state index is 2.96. The average molecular weight is 711 g/mol. The molecule has 2 saturated carbocycles. The predicted octanol–water partition coefficient (Wildman–Crippen LogP) is 12.2. The van der Waals surface area contributed by atoms with E-state index in [4.69, 9.17) is 0 Å². The number of hydrogen-bond donors (Lipinski definition) is 0. The van der Waals surface area contributed by atoms with E-state index < -0.39 is 0 Å². The van der Waals surface area contributed by atoms with E-state index in [-0.39, 0.29) is 44.1 Å². The molecule has 4 heteroatoms. The third-order valence-electron chi connectivity index (χ3n) is 15.5. The first-order valence-electron chi connectivity index (χ1n) is 20.7. The highest BCUT2D eigenvalue weighted by molar-refractivity contribution is 8.06. The van der Waals surface area contributed by atoms with Gasteiger partial charge in [-0.3, -0.25) is 0 Å². The Kier molecular flexibility index (Phi) is 7.15. The van der Waals surface area contributed by atoms with Gasteiger partial charge in [0.1, 0.15) is 0 Å². The molecule has 3 aromatic carbocycles. The lowest BCUT2D eigenvalue weighted by molar-refractivity contribution is 0.193. The SMILES string of the molecule is CC(C)(C)c1ccc(N2C3=C(SC4(C)CCCCC34C)B3c4ccc(C(C)(C)C)c5c4N(c4cc(C(C)(C)C)cc2c43)C2(C)CCCCC52C)cc1. The lowest BCUT2D eigenvalue weighted by atomic mass is 9.36. The summed E-state index contributed by atoms with van der Waals surface area (Å²) >= 11 is 2.28. The number of fused-ring (bicyclic) bond motifs is 8. The third-order valence-corrected chi connectivity index (χ3v) is 17.2. The standard InChI is InChI=1S/C48H63BN2S/c1-42(2,3)30-18-20-32(21-19-30)50-35-28-31(43(4,5)6)29-36-38(35)49(41-40(50)46(11)25-15-17-27-48(46,13)52-41)34-23-22-33(44(7,8)9)37-39(34)51(36)47(12)26-16-14-24-45(37,47)10/h18-23,28-29H,14-17,24-27H2,1-13H3. The van der Waals surface area contributed by atoms with Crippen LogP contribution in [-0.2, 0) is 21.7 Å². The predicted molar refractivity (Wildman–Crippen MR) is 229 cm³/mol. The molecule has 0 bridgehead atoms. The highest BCUT2D eigenvalue weighted by Gasteiger charge is 2.66. The molecule has 6 aliphatic rings. The zero-order chi connectivity index (χ0) is 37.2. The number of allylic oxidation sites excluding steroid dienone is 1. The smallest absolute Gasteiger partial charge is 0.259 e. The quantitative estimate of drug-likeness (QED) is 0.232. The van der Waals surface area contributed by atoms with Gasteiger partial charge in [-0.1, -0.05) is 126 Å². The molecule has 2 fully saturated rings. The summed E-state index contributed by atoms with van der Waals surface area (Å²) in [5, 5.41) is 0. The average Bonchev–Trinajstić information content (AvgIpc) is 3.43. The van der Waals surface area contributed by atoms with E-state index in [1.54, 1.807) is 38.2 Å². The van der Waals surface area contributed by atoms with E-state index in [9.17, 15) is 0 Å². The molecule has 0 radical (unpaired) electrons. The minimum atomic E-state index is 0.0119. The number of rotatable bonds is 1. The highest BCUT2D eigenvalue weighted by atomic mass is 32.2. The van der Waals surface area contributed by atoms with Gasteiger partial charge in [-0.2, -0.15) is 0 Å². The fourth-order valence-electron chi connectivity index (χ4n) is 11.9. The van der Waals surface area contributed by atoms with Crippen molar-refractivity contribution in [3.8, 4) is 0 Å². The molecule has 0 saturated heterocycles. The van der Waals surface area contributed by atoms with E-state index in [0.29, 0.717) is 0 Å². The first kappa shape index (κ1) is 35.1. The molecule has 4 heterocycles. The number of nitrogens with zero attached hydrogens (tertiary/aromatic N) is 2. The van der Waals surface area contributed by atoms with E-state index in [1.165, 1.54) is 79.6 Å². The molecule has 4 aliphatic heterocycles. The summed E-state index contributed by atoms with van der Waals surface area (Å²) in [7, 11) is 0. The van der Waals surface area contributed by atoms with E-state index in [1.807, 2.05) is 0 Å². The largest absolute Gasteiger partial charge is 0.335 e. The fourth-order valence-corrected chi connectivity index (χ4v) is 13.9. The van der Waals surface area contributed by atoms with Crippen molar-refractivity contribution >= 4 is 52.1 Å². The Morgan fingerprint density at radius 3 is 1.87 bits per heavy atom. The molecular formula is C48H63BN2S. The molecule has 0 spiro atoms. The Labute approximate surface area is 320 Å². The molecule has 274 valence electrons. The van der Waals surface area contributed by atoms with Crippen LogP contribution >= 0.6 is 11.8 Å². The molecule has 4 atom stereocenters. The maximum atomic E-state index is 2.96. The van der Waals surface area contributed by atoms with Crippen molar-refractivity contribution < 1.29 is 0 Å². The second-order valence-electron chi connectivity index (χ2n) is 21.7. The summed E-state index contributed by atoms with van der Waals surface area (Å²) in [6, 6.07) is 20.2. The van der Waals surface area contributed by atoms with E-state index >= 15 is 0 Å². The Balaban J connectivity index is 1.43. The summed E-state index contributed by atoms with van der Waals surface area (Å²) in [6.45, 7) is 32.5. The Morgan fingerprint density at radius 2 is 1.23 bits per heavy atom. The van der Waals surface area contributed by atoms with Gasteiger partial charge in [0.05, 0.1) is 5.54 Å². The van der Waals surface area contributed by atoms with Gasteiger partial charge in [0, 0.05) is 44.0 Å². The summed E-state index contributed by atoms with van der Waals surface area (Å²) in [5.74, 6) is 0. The van der Waals surface area contributed by atoms with Crippen LogP contribution in [-0.4, -0.2) is 17.0 Å². The number of hydrogen-bond acceptors (Lipinski definition) is 3. The number of anilines is 4. The van der Waals surface area contributed by atoms with Crippen LogP contribution in [0.25, 0.3) is 0 Å². The van der Waals surface area contributed by atoms with Gasteiger partial charge in [-0.05, 0) is 118 Å². The van der Waals surface area contributed by atoms with Gasteiger partial charge in [0.2, 0.25) is 0 Å². The molecule has 52 heavy (non-hydrogen) atoms. The third kappa shape index (κ3) is 4.34. The first-order chi connectivity index (χ1) is 24.2. The molecule has 9 rings (SSSR count). The summed E-state index contributed by atoms with van der Waals surface area (Å²) in [5.41, 5.74) is 17.1. The second-order valence-corrected chi connectivity index (χ2v) is 23.2. The van der Waals surface area contributed by atoms with Crippen LogP contribution in [0.15, 0.2) is 59.0 Å². The van der Waals surface area contributed by atoms with Crippen molar-refractivity contribution in [2.24, 2.45) is 5.41 Å². The van der Waals surface area contributed by atoms with Crippen molar-refractivity contribution in [3.63, 3.8) is 0 Å². The maximum Gasteiger partial charge on any atom is 0.259 e. The summed E-state index contributed by atoms with van der Waals surface area (Å²) < 4.78 is 0.173. The fraction of sp³-hybridized carbons (Fsp3) is 0.583. The van der Waals surface area contributed by atoms with Gasteiger partial charge >= 0.3 is 0 Å². The molecule has 2 aliphatic carbocycles. The van der Waals surface area contributed by atoms with Gasteiger partial charge < -0.3 is 9.80 Å². The molecule has 4 unspecified atom stereocenters. The molecule has 3 aromatic rings. The lowest BCUT2D eigenvalue weighted by Crippen LogP contribution is -2.61. The van der Waals surface area contributed by atoms with Crippen molar-refractivity contribution in [3.05, 3.63) is 81.3 Å². The van der Waals surface area contributed by atoms with Crippen molar-refractivity contribution in [2.45, 2.75) is 173 Å². The Bertz CT molecular complexity index is 2060. The zero-order valence-electron chi connectivity index (χ0n) is 34.7. The van der Waals surface area contributed by atoms with Crippen LogP contribution in [0.4, 0.5) is 22.7 Å². The molecule has 0 N–H and O–H groups in total. The van der Waals surface area contributed by atoms with Crippen LogP contribution in [0.1, 0.15) is 164 Å². The number of benzene rings is 3. The van der Waals surface area contributed by atoms with E-state index in [2.05, 4.69) is 160 Å². The highest BCUT2D eigenvalue weighted by Crippen LogP contribution is 2.69. The zero-order valence-corrected chi connectivity index (χ0v) is 35.5. The number of thioether (sulfide) groups is 1. The normalized spacial score (nSPS) is 30.6. The topological polar surface area (TPSA) is 6.48 Å². The van der Waals surface area contributed by atoms with Crippen LogP contribution in [0.3, 0.4) is 0 Å². The van der Waals surface area contributed by atoms with Gasteiger partial charge in [-0.15, -0.1) is 11.8 Å². The van der Waals surface area contributed by atoms with Crippen molar-refractivity contribution in [1.29, 1.82) is 0 Å². The molecular weight excluding hydrogens is 647 g/mol. The van der Waals surface area contributed by atoms with Gasteiger partial charge in [0.25, 0.3) is 6.71 Å². The Hall–Kier alpha value is -2.59. The van der Waals surface area contributed by atoms with E-state index in [0.717, 1.165) is 0 Å². The molecule has 0 aromatic heterocycles. The summed E-state index contributed by atoms with van der Waals surface area (Å²) in [6.07, 6.45) is 10.3. The lowest BCUT2D eigenvalue weighted by Gasteiger charge is -2.53. The minimum Gasteiger partial charge on any atom is -0.335 e. The molecule has 2 nitrogen and oxygen atoms in total. The Morgan fingerprint density at radius 1 is 0.635 bits per heavy atom. The van der Waals surface area contributed by atoms with Crippen LogP contribution in [0.2, 0.25) is 0 Å². The van der Waals surface area contributed by atoms with Crippen LogP contribution < -0.4 is 20.7 Å². The second kappa shape index (κ2) is 10.6. The minimum absolute atomic E-state index is 0.0119.